The first-order valence-corrected chi connectivity index (χ1v) is 25.5. The molecule has 0 aliphatic rings. The van der Waals surface area contributed by atoms with Gasteiger partial charge in [0.2, 0.25) is 0 Å². The predicted octanol–water partition coefficient (Wildman–Crippen LogP) is 21.2. The molecule has 0 radical (unpaired) electrons. The number of hydrogen-bond acceptors (Lipinski definition) is 0. The van der Waals surface area contributed by atoms with Crippen LogP contribution < -0.4 is 0 Å². The van der Waals surface area contributed by atoms with Gasteiger partial charge in [0.25, 0.3) is 0 Å². The van der Waals surface area contributed by atoms with Crippen molar-refractivity contribution in [2.45, 2.75) is 315 Å². The summed E-state index contributed by atoms with van der Waals surface area (Å²) in [5.41, 5.74) is 1.65. The lowest BCUT2D eigenvalue weighted by atomic mass is 9.87. The highest BCUT2D eigenvalue weighted by Gasteiger charge is 2.11. The molecule has 0 amide bonds. The Morgan fingerprint density at radius 3 is 1.11 bits per heavy atom. The van der Waals surface area contributed by atoms with Gasteiger partial charge < -0.3 is 0 Å². The van der Waals surface area contributed by atoms with E-state index in [4.69, 9.17) is 0 Å². The van der Waals surface area contributed by atoms with E-state index in [-0.39, 0.29) is 0 Å². The van der Waals surface area contributed by atoms with Gasteiger partial charge in [-0.2, -0.15) is 0 Å². The Hall–Kier alpha value is -0.260. The van der Waals surface area contributed by atoms with Crippen LogP contribution in [0.15, 0.2) is 11.6 Å². The van der Waals surface area contributed by atoms with Crippen molar-refractivity contribution >= 4 is 0 Å². The van der Waals surface area contributed by atoms with Crippen LogP contribution in [0.3, 0.4) is 0 Å². The van der Waals surface area contributed by atoms with Gasteiger partial charge in [-0.05, 0) is 50.4 Å². The standard InChI is InChI=1S/C19H40.C18H38.C11H22.C3H8.C2H6/c1-4-7-10-12-13-15-18-19(16-9-6-3)17-14-11-8-5-2;1-5-8-10-11-12-13-14-17(4)16-18(7-3)15-9-6-2;1-4-7-8-10-11(6-3)9-5-2;1-3-2;1-2/h19H,4-18H2,1-3H3;17-18H,5-16H2,1-4H3;6H,4-5,7-10H2,1-3H3;3H2,1-2H3;1-2H3/b;;11-6+;;. The third-order valence-electron chi connectivity index (χ3n) is 10.8. The Bertz CT molecular complexity index is 573. The average Bonchev–Trinajstić information content (AvgIpc) is 3.17. The molecule has 0 spiro atoms. The minimum atomic E-state index is 0.956. The van der Waals surface area contributed by atoms with E-state index in [1.165, 1.54) is 218 Å². The van der Waals surface area contributed by atoms with E-state index >= 15 is 0 Å². The monoisotopic (exact) mass is 751 g/mol. The maximum Gasteiger partial charge on any atom is -0.0320 e. The normalized spacial score (nSPS) is 12.5. The number of hydrogen-bond donors (Lipinski definition) is 0. The van der Waals surface area contributed by atoms with E-state index in [0.29, 0.717) is 0 Å². The Kier molecular flexibility index (Phi) is 71.3. The first-order chi connectivity index (χ1) is 25.8. The van der Waals surface area contributed by atoms with E-state index in [2.05, 4.69) is 89.2 Å². The molecule has 0 aliphatic carbocycles. The smallest absolute Gasteiger partial charge is 0.0320 e. The molecule has 0 saturated carbocycles. The lowest BCUT2D eigenvalue weighted by Crippen LogP contribution is -2.06. The van der Waals surface area contributed by atoms with Gasteiger partial charge in [0.15, 0.2) is 0 Å². The maximum absolute atomic E-state index is 2.47. The van der Waals surface area contributed by atoms with Crippen molar-refractivity contribution in [1.82, 2.24) is 0 Å². The summed E-state index contributed by atoms with van der Waals surface area (Å²) in [5, 5.41) is 0. The minimum Gasteiger partial charge on any atom is -0.0885 e. The van der Waals surface area contributed by atoms with Crippen molar-refractivity contribution < 1.29 is 0 Å². The Labute approximate surface area is 343 Å². The fourth-order valence-electron chi connectivity index (χ4n) is 7.28. The number of allylic oxidation sites excluding steroid dienone is 2. The molecule has 0 aliphatic heterocycles. The lowest BCUT2D eigenvalue weighted by molar-refractivity contribution is 0.332. The van der Waals surface area contributed by atoms with Crippen molar-refractivity contribution in [3.05, 3.63) is 11.6 Å². The predicted molar refractivity (Wildman–Crippen MR) is 255 cm³/mol. The van der Waals surface area contributed by atoms with Gasteiger partial charge in [-0.1, -0.05) is 294 Å². The molecule has 0 heteroatoms. The second-order valence-corrected chi connectivity index (χ2v) is 16.6. The van der Waals surface area contributed by atoms with Crippen LogP contribution in [0.25, 0.3) is 0 Å². The van der Waals surface area contributed by atoms with Gasteiger partial charge in [0.05, 0.1) is 0 Å². The van der Waals surface area contributed by atoms with Gasteiger partial charge in [0, 0.05) is 0 Å². The molecule has 0 nitrogen and oxygen atoms in total. The van der Waals surface area contributed by atoms with Gasteiger partial charge in [-0.15, -0.1) is 0 Å². The van der Waals surface area contributed by atoms with Gasteiger partial charge in [0.1, 0.15) is 0 Å². The van der Waals surface area contributed by atoms with E-state index in [1.54, 1.807) is 5.57 Å². The minimum absolute atomic E-state index is 0.956. The quantitative estimate of drug-likeness (QED) is 0.0454. The van der Waals surface area contributed by atoms with E-state index < -0.39 is 0 Å². The van der Waals surface area contributed by atoms with Crippen LogP contribution in [0.2, 0.25) is 0 Å². The van der Waals surface area contributed by atoms with E-state index in [0.717, 1.165) is 17.8 Å². The van der Waals surface area contributed by atoms with E-state index in [1.807, 2.05) is 13.8 Å². The fourth-order valence-corrected chi connectivity index (χ4v) is 7.28. The molecule has 0 N–H and O–H groups in total. The molecule has 0 bridgehead atoms. The SMILES string of the molecule is C/C=C(\CCC)CCCCC.CC.CCC.CCCCCCCCC(C)CC(CC)CCCC.CCCCCCCCC(CCCC)CCCCCC. The highest BCUT2D eigenvalue weighted by Crippen LogP contribution is 2.25. The Balaban J connectivity index is -0.000000210. The maximum atomic E-state index is 2.47. The second-order valence-electron chi connectivity index (χ2n) is 16.6. The van der Waals surface area contributed by atoms with Crippen molar-refractivity contribution in [1.29, 1.82) is 0 Å². The molecule has 0 fully saturated rings. The third-order valence-corrected chi connectivity index (χ3v) is 10.8. The van der Waals surface area contributed by atoms with Crippen LogP contribution in [-0.2, 0) is 0 Å². The zero-order valence-electron chi connectivity index (χ0n) is 40.9. The molecule has 0 aromatic rings. The summed E-state index contributed by atoms with van der Waals surface area (Å²) in [6.45, 7) is 31.3. The summed E-state index contributed by atoms with van der Waals surface area (Å²) in [5.74, 6) is 3.00. The van der Waals surface area contributed by atoms with Gasteiger partial charge in [-0.3, -0.25) is 0 Å². The summed E-state index contributed by atoms with van der Waals surface area (Å²) in [7, 11) is 0. The molecular formula is C53H114. The molecule has 53 heavy (non-hydrogen) atoms. The first kappa shape index (κ1) is 61.9. The van der Waals surface area contributed by atoms with Crippen LogP contribution in [0.1, 0.15) is 315 Å². The molecule has 0 heterocycles. The topological polar surface area (TPSA) is 0 Å². The Morgan fingerprint density at radius 2 is 0.717 bits per heavy atom. The van der Waals surface area contributed by atoms with Crippen LogP contribution in [0.4, 0.5) is 0 Å². The summed E-state index contributed by atoms with van der Waals surface area (Å²) < 4.78 is 0. The molecule has 0 rings (SSSR count). The summed E-state index contributed by atoms with van der Waals surface area (Å²) in [6.07, 6.45) is 50.7. The van der Waals surface area contributed by atoms with Crippen LogP contribution in [0.5, 0.6) is 0 Å². The molecule has 326 valence electrons. The first-order valence-electron chi connectivity index (χ1n) is 25.5. The lowest BCUT2D eigenvalue weighted by Gasteiger charge is -2.19. The molecule has 0 aromatic heterocycles. The van der Waals surface area contributed by atoms with Crippen LogP contribution in [0, 0.1) is 17.8 Å². The van der Waals surface area contributed by atoms with Crippen LogP contribution >= 0.6 is 0 Å². The van der Waals surface area contributed by atoms with Crippen LogP contribution in [-0.4, -0.2) is 0 Å². The second kappa shape index (κ2) is 61.0. The summed E-state index contributed by atoms with van der Waals surface area (Å²) >= 11 is 0. The average molecular weight is 751 g/mol. The van der Waals surface area contributed by atoms with Crippen molar-refractivity contribution in [2.75, 3.05) is 0 Å². The highest BCUT2D eigenvalue weighted by atomic mass is 14.2. The zero-order valence-corrected chi connectivity index (χ0v) is 40.9. The van der Waals surface area contributed by atoms with Crippen molar-refractivity contribution in [2.24, 2.45) is 17.8 Å². The number of unbranched alkanes of at least 4 members (excludes halogenated alkanes) is 17. The molecule has 3 unspecified atom stereocenters. The van der Waals surface area contributed by atoms with Gasteiger partial charge >= 0.3 is 0 Å². The fraction of sp³-hybridized carbons (Fsp3) is 0.962. The molecule has 0 aromatic carbocycles. The molecule has 0 saturated heterocycles. The third kappa shape index (κ3) is 61.2. The largest absolute Gasteiger partial charge is 0.0885 e. The molecule has 3 atom stereocenters. The summed E-state index contributed by atoms with van der Waals surface area (Å²) in [4.78, 5) is 0. The summed E-state index contributed by atoms with van der Waals surface area (Å²) in [6, 6.07) is 0. The molecular weight excluding hydrogens is 637 g/mol. The number of rotatable bonds is 34. The van der Waals surface area contributed by atoms with Gasteiger partial charge in [-0.25, -0.2) is 0 Å². The highest BCUT2D eigenvalue weighted by molar-refractivity contribution is 4.99. The van der Waals surface area contributed by atoms with Crippen molar-refractivity contribution in [3.8, 4) is 0 Å². The van der Waals surface area contributed by atoms with Crippen molar-refractivity contribution in [3.63, 3.8) is 0 Å². The van der Waals surface area contributed by atoms with E-state index in [9.17, 15) is 0 Å². The Morgan fingerprint density at radius 1 is 0.377 bits per heavy atom. The zero-order chi connectivity index (χ0) is 41.1.